The molecule has 122 valence electrons. The molecule has 0 bridgehead atoms. The molecule has 2 fully saturated rings. The van der Waals surface area contributed by atoms with Crippen molar-refractivity contribution in [2.45, 2.75) is 37.5 Å². The second kappa shape index (κ2) is 6.69. The minimum atomic E-state index is -3.23. The molecule has 1 heterocycles. The molecule has 1 unspecified atom stereocenters. The van der Waals surface area contributed by atoms with Crippen LogP contribution in [0.3, 0.4) is 0 Å². The van der Waals surface area contributed by atoms with Crippen LogP contribution in [0.4, 0.5) is 0 Å². The van der Waals surface area contributed by atoms with Gasteiger partial charge in [-0.25, -0.2) is 13.1 Å². The Bertz CT molecular complexity index is 573. The summed E-state index contributed by atoms with van der Waals surface area (Å²) in [6.45, 7) is 1.78. The lowest BCUT2D eigenvalue weighted by Crippen LogP contribution is -2.41. The Labute approximate surface area is 133 Å². The molecule has 5 heteroatoms. The van der Waals surface area contributed by atoms with Crippen molar-refractivity contribution in [2.24, 2.45) is 5.92 Å². The van der Waals surface area contributed by atoms with E-state index >= 15 is 0 Å². The fourth-order valence-electron chi connectivity index (χ4n) is 3.74. The summed E-state index contributed by atoms with van der Waals surface area (Å²) in [7, 11) is -3.23. The van der Waals surface area contributed by atoms with E-state index in [9.17, 15) is 8.42 Å². The Kier molecular flexibility index (Phi) is 4.85. The number of ether oxygens (including phenoxy) is 1. The summed E-state index contributed by atoms with van der Waals surface area (Å²) in [5.41, 5.74) is 1.24. The highest BCUT2D eigenvalue weighted by Crippen LogP contribution is 2.40. The van der Waals surface area contributed by atoms with Gasteiger partial charge in [0, 0.05) is 18.6 Å². The van der Waals surface area contributed by atoms with Gasteiger partial charge in [0.05, 0.1) is 12.4 Å². The predicted octanol–water partition coefficient (Wildman–Crippen LogP) is 2.45. The molecule has 2 aliphatic rings. The highest BCUT2D eigenvalue weighted by atomic mass is 32.2. The molecule has 0 aromatic heterocycles. The Morgan fingerprint density at radius 1 is 1.18 bits per heavy atom. The van der Waals surface area contributed by atoms with Crippen LogP contribution < -0.4 is 4.72 Å². The van der Waals surface area contributed by atoms with Gasteiger partial charge in [0.25, 0.3) is 0 Å². The zero-order valence-corrected chi connectivity index (χ0v) is 13.8. The third-order valence-electron chi connectivity index (χ3n) is 5.06. The largest absolute Gasteiger partial charge is 0.381 e. The normalized spacial score (nSPS) is 24.6. The quantitative estimate of drug-likeness (QED) is 0.875. The molecule has 1 aliphatic heterocycles. The molecular weight excluding hydrogens is 298 g/mol. The molecule has 4 nitrogen and oxygen atoms in total. The topological polar surface area (TPSA) is 55.4 Å². The molecule has 1 saturated carbocycles. The van der Waals surface area contributed by atoms with Crippen LogP contribution in [0, 0.1) is 5.92 Å². The first-order valence-electron chi connectivity index (χ1n) is 8.20. The third-order valence-corrected chi connectivity index (χ3v) is 6.55. The lowest BCUT2D eigenvalue weighted by Gasteiger charge is -2.30. The Hall–Kier alpha value is -0.910. The van der Waals surface area contributed by atoms with Crippen molar-refractivity contribution in [1.82, 2.24) is 4.72 Å². The summed E-state index contributed by atoms with van der Waals surface area (Å²) < 4.78 is 32.9. The van der Waals surface area contributed by atoms with Crippen molar-refractivity contribution >= 4 is 10.0 Å². The number of benzene rings is 1. The summed E-state index contributed by atoms with van der Waals surface area (Å²) in [5, 5.41) is 0. The van der Waals surface area contributed by atoms with Crippen LogP contribution in [0.2, 0.25) is 0 Å². The fourth-order valence-corrected chi connectivity index (χ4v) is 5.24. The van der Waals surface area contributed by atoms with Crippen molar-refractivity contribution in [2.75, 3.05) is 25.5 Å². The number of sulfonamides is 1. The summed E-state index contributed by atoms with van der Waals surface area (Å²) in [6, 6.07) is 10.4. The maximum Gasteiger partial charge on any atom is 0.211 e. The van der Waals surface area contributed by atoms with Gasteiger partial charge >= 0.3 is 0 Å². The Balaban J connectivity index is 1.67. The van der Waals surface area contributed by atoms with Gasteiger partial charge in [0.15, 0.2) is 0 Å². The van der Waals surface area contributed by atoms with E-state index in [2.05, 4.69) is 16.9 Å². The first kappa shape index (κ1) is 16.0. The van der Waals surface area contributed by atoms with Crippen molar-refractivity contribution in [3.8, 4) is 0 Å². The summed E-state index contributed by atoms with van der Waals surface area (Å²) in [4.78, 5) is 0. The molecule has 0 spiro atoms. The van der Waals surface area contributed by atoms with E-state index in [1.807, 2.05) is 18.2 Å². The molecule has 3 rings (SSSR count). The second-order valence-corrected chi connectivity index (χ2v) is 8.54. The molecule has 1 atom stereocenters. The van der Waals surface area contributed by atoms with E-state index < -0.39 is 10.0 Å². The van der Waals surface area contributed by atoms with E-state index in [0.29, 0.717) is 19.8 Å². The predicted molar refractivity (Wildman–Crippen MR) is 87.3 cm³/mol. The van der Waals surface area contributed by atoms with Gasteiger partial charge in [-0.2, -0.15) is 0 Å². The van der Waals surface area contributed by atoms with Gasteiger partial charge in [-0.3, -0.25) is 0 Å². The van der Waals surface area contributed by atoms with Crippen LogP contribution in [0.5, 0.6) is 0 Å². The number of hydrogen-bond acceptors (Lipinski definition) is 3. The molecule has 1 aromatic rings. The fraction of sp³-hybridized carbons (Fsp3) is 0.647. The van der Waals surface area contributed by atoms with E-state index in [0.717, 1.165) is 19.3 Å². The minimum absolute atomic E-state index is 0.0273. The van der Waals surface area contributed by atoms with Crippen molar-refractivity contribution in [1.29, 1.82) is 0 Å². The van der Waals surface area contributed by atoms with Crippen molar-refractivity contribution < 1.29 is 13.2 Å². The first-order valence-corrected chi connectivity index (χ1v) is 9.86. The van der Waals surface area contributed by atoms with Crippen LogP contribution in [0.1, 0.15) is 37.7 Å². The molecule has 1 saturated heterocycles. The average molecular weight is 323 g/mol. The molecule has 1 aliphatic carbocycles. The van der Waals surface area contributed by atoms with Crippen molar-refractivity contribution in [3.05, 3.63) is 35.9 Å². The van der Waals surface area contributed by atoms with Gasteiger partial charge in [0.2, 0.25) is 10.0 Å². The SMILES string of the molecule is O=S(=O)(CC1CCOC1)NCC1(c2ccccc2)CCCC1. The first-order chi connectivity index (χ1) is 10.6. The van der Waals surface area contributed by atoms with E-state index in [-0.39, 0.29) is 17.1 Å². The molecule has 22 heavy (non-hydrogen) atoms. The van der Waals surface area contributed by atoms with Crippen molar-refractivity contribution in [3.63, 3.8) is 0 Å². The number of rotatable bonds is 6. The van der Waals surface area contributed by atoms with E-state index in [1.165, 1.54) is 18.4 Å². The van der Waals surface area contributed by atoms with Crippen LogP contribution in [0.25, 0.3) is 0 Å². The lowest BCUT2D eigenvalue weighted by molar-refractivity contribution is 0.188. The molecule has 0 radical (unpaired) electrons. The van der Waals surface area contributed by atoms with Crippen LogP contribution in [-0.2, 0) is 20.2 Å². The smallest absolute Gasteiger partial charge is 0.211 e. The van der Waals surface area contributed by atoms with Gasteiger partial charge in [-0.1, -0.05) is 43.2 Å². The monoisotopic (exact) mass is 323 g/mol. The standard InChI is InChI=1S/C17H25NO3S/c19-22(20,13-15-8-11-21-12-15)18-14-17(9-4-5-10-17)16-6-2-1-3-7-16/h1-3,6-7,15,18H,4-5,8-14H2. The van der Waals surface area contributed by atoms with E-state index in [4.69, 9.17) is 4.74 Å². The zero-order chi connectivity index (χ0) is 15.5. The minimum Gasteiger partial charge on any atom is -0.381 e. The summed E-state index contributed by atoms with van der Waals surface area (Å²) in [5.74, 6) is 0.339. The average Bonchev–Trinajstić information content (AvgIpc) is 3.18. The Morgan fingerprint density at radius 3 is 2.55 bits per heavy atom. The summed E-state index contributed by atoms with van der Waals surface area (Å²) in [6.07, 6.45) is 5.32. The molecule has 0 amide bonds. The highest BCUT2D eigenvalue weighted by Gasteiger charge is 2.36. The van der Waals surface area contributed by atoms with E-state index in [1.54, 1.807) is 0 Å². The summed E-state index contributed by atoms with van der Waals surface area (Å²) >= 11 is 0. The molecule has 1 N–H and O–H groups in total. The molecular formula is C17H25NO3S. The lowest BCUT2D eigenvalue weighted by atomic mass is 9.79. The second-order valence-electron chi connectivity index (χ2n) is 6.69. The number of nitrogens with one attached hydrogen (secondary N) is 1. The van der Waals surface area contributed by atoms with Gasteiger partial charge in [-0.15, -0.1) is 0 Å². The number of hydrogen-bond donors (Lipinski definition) is 1. The molecule has 1 aromatic carbocycles. The van der Waals surface area contributed by atoms with Crippen LogP contribution >= 0.6 is 0 Å². The van der Waals surface area contributed by atoms with Crippen LogP contribution in [-0.4, -0.2) is 33.9 Å². The van der Waals surface area contributed by atoms with Gasteiger partial charge < -0.3 is 4.74 Å². The highest BCUT2D eigenvalue weighted by molar-refractivity contribution is 7.89. The van der Waals surface area contributed by atoms with Gasteiger partial charge in [-0.05, 0) is 30.7 Å². The Morgan fingerprint density at radius 2 is 1.91 bits per heavy atom. The third kappa shape index (κ3) is 3.70. The zero-order valence-electron chi connectivity index (χ0n) is 13.0. The maximum atomic E-state index is 12.4. The van der Waals surface area contributed by atoms with Gasteiger partial charge in [0.1, 0.15) is 0 Å². The maximum absolute atomic E-state index is 12.4. The van der Waals surface area contributed by atoms with Crippen LogP contribution in [0.15, 0.2) is 30.3 Å².